The molecule has 2 aromatic heterocycles. The summed E-state index contributed by atoms with van der Waals surface area (Å²) in [5.74, 6) is -0.192. The van der Waals surface area contributed by atoms with Crippen LogP contribution in [-0.4, -0.2) is 28.2 Å². The predicted octanol–water partition coefficient (Wildman–Crippen LogP) is 2.87. The van der Waals surface area contributed by atoms with Gasteiger partial charge in [-0.05, 0) is 30.3 Å². The van der Waals surface area contributed by atoms with Crippen LogP contribution in [0.4, 0.5) is 0 Å². The maximum absolute atomic E-state index is 10.8. The molecule has 0 aliphatic heterocycles. The molecule has 3 rings (SSSR count). The molecule has 3 aromatic rings. The lowest BCUT2D eigenvalue weighted by Gasteiger charge is -1.97. The number of benzene rings is 1. The van der Waals surface area contributed by atoms with Crippen molar-refractivity contribution in [3.05, 3.63) is 42.1 Å². The van der Waals surface area contributed by atoms with Crippen molar-refractivity contribution in [2.24, 2.45) is 0 Å². The van der Waals surface area contributed by atoms with Crippen LogP contribution in [-0.2, 0) is 0 Å². The second-order valence-corrected chi connectivity index (χ2v) is 4.23. The minimum Gasteiger partial charge on any atom is -0.497 e. The van der Waals surface area contributed by atoms with E-state index in [4.69, 9.17) is 9.84 Å². The van der Waals surface area contributed by atoms with Gasteiger partial charge in [-0.1, -0.05) is 0 Å². The quantitative estimate of drug-likeness (QED) is 0.674. The Hall–Kier alpha value is -2.69. The minimum absolute atomic E-state index is 0.172. The number of carbonyl (C=O) groups is 1. The van der Waals surface area contributed by atoms with Crippen molar-refractivity contribution in [1.29, 1.82) is 0 Å². The zero-order chi connectivity index (χ0) is 13.4. The van der Waals surface area contributed by atoms with Crippen molar-refractivity contribution in [2.45, 2.75) is 0 Å². The molecule has 0 atom stereocenters. The van der Waals surface area contributed by atoms with E-state index >= 15 is 0 Å². The van der Waals surface area contributed by atoms with Gasteiger partial charge in [0.1, 0.15) is 11.4 Å². The molecule has 0 saturated heterocycles. The first-order valence-electron chi connectivity index (χ1n) is 5.77. The highest BCUT2D eigenvalue weighted by molar-refractivity contribution is 5.89. The average Bonchev–Trinajstić information content (AvgIpc) is 3.04. The number of carboxylic acids is 1. The molecule has 1 aromatic carbocycles. The molecule has 0 radical (unpaired) electrons. The van der Waals surface area contributed by atoms with E-state index in [1.165, 1.54) is 0 Å². The first-order chi connectivity index (χ1) is 9.17. The molecule has 5 heteroatoms. The zero-order valence-electron chi connectivity index (χ0n) is 10.2. The largest absolute Gasteiger partial charge is 0.497 e. The Morgan fingerprint density at radius 3 is 2.63 bits per heavy atom. The van der Waals surface area contributed by atoms with Gasteiger partial charge in [0.2, 0.25) is 0 Å². The lowest BCUT2D eigenvalue weighted by atomic mass is 10.2. The highest BCUT2D eigenvalue weighted by atomic mass is 16.5. The van der Waals surface area contributed by atoms with E-state index in [1.54, 1.807) is 19.2 Å². The second kappa shape index (κ2) is 4.20. The van der Waals surface area contributed by atoms with Crippen LogP contribution in [0.5, 0.6) is 5.75 Å². The summed E-state index contributed by atoms with van der Waals surface area (Å²) in [7, 11) is 1.62. The fourth-order valence-corrected chi connectivity index (χ4v) is 2.06. The summed E-state index contributed by atoms with van der Waals surface area (Å²) in [5.41, 5.74) is 2.70. The standard InChI is InChI=1S/C14H12N2O3/c1-19-9-3-2-8-6-13(16-12(8)7-9)10-4-5-11(15-10)14(17)18/h2-7,15-16H,1H3,(H,17,18). The molecule has 0 bridgehead atoms. The molecule has 0 spiro atoms. The van der Waals surface area contributed by atoms with Crippen molar-refractivity contribution < 1.29 is 14.6 Å². The van der Waals surface area contributed by atoms with Gasteiger partial charge in [-0.2, -0.15) is 0 Å². The fourth-order valence-electron chi connectivity index (χ4n) is 2.06. The van der Waals surface area contributed by atoms with Crippen molar-refractivity contribution >= 4 is 16.9 Å². The summed E-state index contributed by atoms with van der Waals surface area (Å²) in [4.78, 5) is 16.9. The first-order valence-corrected chi connectivity index (χ1v) is 5.77. The molecule has 5 nitrogen and oxygen atoms in total. The number of aromatic carboxylic acids is 1. The van der Waals surface area contributed by atoms with Gasteiger partial charge in [0.15, 0.2) is 0 Å². The summed E-state index contributed by atoms with van der Waals surface area (Å²) in [6, 6.07) is 11.0. The number of aromatic amines is 2. The Kier molecular flexibility index (Phi) is 2.52. The van der Waals surface area contributed by atoms with Crippen molar-refractivity contribution in [2.75, 3.05) is 7.11 Å². The number of nitrogens with one attached hydrogen (secondary N) is 2. The number of ether oxygens (including phenoxy) is 1. The van der Waals surface area contributed by atoms with Gasteiger partial charge in [0, 0.05) is 17.0 Å². The van der Waals surface area contributed by atoms with E-state index in [0.717, 1.165) is 28.0 Å². The third-order valence-corrected chi connectivity index (χ3v) is 3.04. The SMILES string of the molecule is COc1ccc2cc(-c3ccc(C(=O)O)[nH]3)[nH]c2c1. The van der Waals surface area contributed by atoms with Gasteiger partial charge >= 0.3 is 5.97 Å². The maximum atomic E-state index is 10.8. The summed E-state index contributed by atoms with van der Waals surface area (Å²) < 4.78 is 5.17. The highest BCUT2D eigenvalue weighted by Gasteiger charge is 2.09. The molecule has 0 saturated carbocycles. The van der Waals surface area contributed by atoms with Gasteiger partial charge in [0.25, 0.3) is 0 Å². The number of hydrogen-bond donors (Lipinski definition) is 3. The van der Waals surface area contributed by atoms with Crippen LogP contribution >= 0.6 is 0 Å². The van der Waals surface area contributed by atoms with Crippen molar-refractivity contribution in [3.63, 3.8) is 0 Å². The van der Waals surface area contributed by atoms with Crippen molar-refractivity contribution in [3.8, 4) is 17.1 Å². The first kappa shape index (κ1) is 11.4. The number of H-pyrrole nitrogens is 2. The van der Waals surface area contributed by atoms with Crippen LogP contribution in [0.25, 0.3) is 22.3 Å². The molecule has 0 amide bonds. The molecular formula is C14H12N2O3. The Labute approximate surface area is 108 Å². The van der Waals surface area contributed by atoms with E-state index in [0.29, 0.717) is 0 Å². The third-order valence-electron chi connectivity index (χ3n) is 3.04. The number of rotatable bonds is 3. The lowest BCUT2D eigenvalue weighted by molar-refractivity contribution is 0.0691. The Morgan fingerprint density at radius 2 is 1.95 bits per heavy atom. The van der Waals surface area contributed by atoms with Gasteiger partial charge in [-0.15, -0.1) is 0 Å². The molecular weight excluding hydrogens is 244 g/mol. The van der Waals surface area contributed by atoms with Gasteiger partial charge in [-0.3, -0.25) is 0 Å². The van der Waals surface area contributed by atoms with Crippen LogP contribution in [0.15, 0.2) is 36.4 Å². The topological polar surface area (TPSA) is 78.1 Å². The number of methoxy groups -OCH3 is 1. The highest BCUT2D eigenvalue weighted by Crippen LogP contribution is 2.26. The molecule has 2 heterocycles. The zero-order valence-corrected chi connectivity index (χ0v) is 10.2. The van der Waals surface area contributed by atoms with Crippen molar-refractivity contribution in [1.82, 2.24) is 9.97 Å². The molecule has 0 aliphatic carbocycles. The van der Waals surface area contributed by atoms with Gasteiger partial charge in [0.05, 0.1) is 18.5 Å². The predicted molar refractivity (Wildman–Crippen MR) is 71.6 cm³/mol. The lowest BCUT2D eigenvalue weighted by Crippen LogP contribution is -1.95. The van der Waals surface area contributed by atoms with E-state index in [-0.39, 0.29) is 5.69 Å². The van der Waals surface area contributed by atoms with E-state index in [2.05, 4.69) is 9.97 Å². The summed E-state index contributed by atoms with van der Waals surface area (Å²) in [6.45, 7) is 0. The minimum atomic E-state index is -0.968. The maximum Gasteiger partial charge on any atom is 0.352 e. The summed E-state index contributed by atoms with van der Waals surface area (Å²) >= 11 is 0. The molecule has 0 fully saturated rings. The molecule has 19 heavy (non-hydrogen) atoms. The van der Waals surface area contributed by atoms with Crippen LogP contribution < -0.4 is 4.74 Å². The monoisotopic (exact) mass is 256 g/mol. The van der Waals surface area contributed by atoms with Crippen LogP contribution in [0.1, 0.15) is 10.5 Å². The molecule has 0 aliphatic rings. The number of hydrogen-bond acceptors (Lipinski definition) is 2. The molecule has 0 unspecified atom stereocenters. The fraction of sp³-hybridized carbons (Fsp3) is 0.0714. The van der Waals surface area contributed by atoms with Gasteiger partial charge in [-0.25, -0.2) is 4.79 Å². The normalized spacial score (nSPS) is 10.8. The number of aromatic nitrogens is 2. The molecule has 96 valence electrons. The Balaban J connectivity index is 2.06. The van der Waals surface area contributed by atoms with Crippen LogP contribution in [0.3, 0.4) is 0 Å². The molecule has 3 N–H and O–H groups in total. The average molecular weight is 256 g/mol. The smallest absolute Gasteiger partial charge is 0.352 e. The second-order valence-electron chi connectivity index (χ2n) is 4.23. The number of carboxylic acid groups (broad SMARTS) is 1. The van der Waals surface area contributed by atoms with E-state index in [1.807, 2.05) is 24.3 Å². The third kappa shape index (κ3) is 1.95. The van der Waals surface area contributed by atoms with Gasteiger partial charge < -0.3 is 19.8 Å². The van der Waals surface area contributed by atoms with E-state index in [9.17, 15) is 4.79 Å². The Morgan fingerprint density at radius 1 is 1.11 bits per heavy atom. The number of fused-ring (bicyclic) bond motifs is 1. The van der Waals surface area contributed by atoms with Crippen LogP contribution in [0.2, 0.25) is 0 Å². The summed E-state index contributed by atoms with van der Waals surface area (Å²) in [6.07, 6.45) is 0. The summed E-state index contributed by atoms with van der Waals surface area (Å²) in [5, 5.41) is 9.94. The Bertz CT molecular complexity index is 755. The van der Waals surface area contributed by atoms with Crippen LogP contribution in [0, 0.1) is 0 Å². The van der Waals surface area contributed by atoms with E-state index < -0.39 is 5.97 Å².